The first-order chi connectivity index (χ1) is 11.0. The molecule has 0 fully saturated rings. The van der Waals surface area contributed by atoms with Gasteiger partial charge in [-0.25, -0.2) is 4.98 Å². The zero-order valence-corrected chi connectivity index (χ0v) is 14.1. The van der Waals surface area contributed by atoms with Crippen LogP contribution in [0.1, 0.15) is 35.7 Å². The molecular formula is C16H14Cl2N4O. The molecule has 3 heterocycles. The number of anilines is 1. The van der Waals surface area contributed by atoms with E-state index in [2.05, 4.69) is 9.97 Å². The normalized spacial score (nSPS) is 17.3. The van der Waals surface area contributed by atoms with Crippen LogP contribution >= 0.6 is 23.2 Å². The quantitative estimate of drug-likeness (QED) is 0.738. The van der Waals surface area contributed by atoms with Gasteiger partial charge in [-0.15, -0.1) is 0 Å². The summed E-state index contributed by atoms with van der Waals surface area (Å²) in [6.45, 7) is 3.94. The number of halogens is 2. The molecule has 4 rings (SSSR count). The lowest BCUT2D eigenvalue weighted by molar-refractivity contribution is 0.0990. The number of aryl methyl sites for hydroxylation is 1. The lowest BCUT2D eigenvalue weighted by Gasteiger charge is -2.24. The molecule has 5 nitrogen and oxygen atoms in total. The molecule has 0 aliphatic carbocycles. The number of hydrogen-bond acceptors (Lipinski definition) is 2. The molecule has 1 aliphatic heterocycles. The molecule has 23 heavy (non-hydrogen) atoms. The second-order valence-electron chi connectivity index (χ2n) is 5.64. The van der Waals surface area contributed by atoms with Gasteiger partial charge in [-0.2, -0.15) is 0 Å². The van der Waals surface area contributed by atoms with Crippen molar-refractivity contribution in [3.63, 3.8) is 0 Å². The van der Waals surface area contributed by atoms with Gasteiger partial charge in [0.2, 0.25) is 0 Å². The van der Waals surface area contributed by atoms with E-state index in [0.29, 0.717) is 21.6 Å². The van der Waals surface area contributed by atoms with Crippen molar-refractivity contribution < 1.29 is 4.79 Å². The second kappa shape index (κ2) is 5.01. The summed E-state index contributed by atoms with van der Waals surface area (Å²) in [7, 11) is 0. The molecule has 0 spiro atoms. The van der Waals surface area contributed by atoms with E-state index in [0.717, 1.165) is 23.0 Å². The Morgan fingerprint density at radius 1 is 1.30 bits per heavy atom. The highest BCUT2D eigenvalue weighted by molar-refractivity contribution is 6.38. The maximum Gasteiger partial charge on any atom is 0.277 e. The predicted octanol–water partition coefficient (Wildman–Crippen LogP) is 4.55. The Bertz CT molecular complexity index is 943. The van der Waals surface area contributed by atoms with Gasteiger partial charge in [0.25, 0.3) is 5.91 Å². The predicted molar refractivity (Wildman–Crippen MR) is 91.4 cm³/mol. The minimum absolute atomic E-state index is 0.0737. The molecule has 1 aromatic carbocycles. The summed E-state index contributed by atoms with van der Waals surface area (Å²) < 4.78 is 1.99. The SMILES string of the molecule is CCC1N(c2nc[nH]c2C)C(=O)c2cc3cc(Cl)cc(Cl)c3n21. The van der Waals surface area contributed by atoms with E-state index in [4.69, 9.17) is 23.2 Å². The van der Waals surface area contributed by atoms with Crippen LogP contribution in [0.2, 0.25) is 10.0 Å². The van der Waals surface area contributed by atoms with Crippen molar-refractivity contribution in [2.45, 2.75) is 26.4 Å². The average Bonchev–Trinajstić information content (AvgIpc) is 3.13. The molecule has 1 atom stereocenters. The maximum absolute atomic E-state index is 13.0. The van der Waals surface area contributed by atoms with Crippen LogP contribution in [0.5, 0.6) is 0 Å². The van der Waals surface area contributed by atoms with Gasteiger partial charge in [0, 0.05) is 10.4 Å². The lowest BCUT2D eigenvalue weighted by atomic mass is 10.2. The number of H-pyrrole nitrogens is 1. The van der Waals surface area contributed by atoms with Crippen molar-refractivity contribution in [2.24, 2.45) is 0 Å². The number of fused-ring (bicyclic) bond motifs is 3. The van der Waals surface area contributed by atoms with Crippen molar-refractivity contribution in [3.8, 4) is 0 Å². The standard InChI is InChI=1S/C16H14Cl2N4O/c1-3-13-21-12(5-9-4-10(17)6-11(18)14(9)21)16(23)22(13)15-8(2)19-7-20-15/h4-7,13H,3H2,1-2H3,(H,19,20). The third-order valence-electron chi connectivity index (χ3n) is 4.28. The van der Waals surface area contributed by atoms with Crippen LogP contribution in [0.4, 0.5) is 5.82 Å². The van der Waals surface area contributed by atoms with E-state index in [9.17, 15) is 4.79 Å². The third kappa shape index (κ3) is 1.93. The number of rotatable bonds is 2. The van der Waals surface area contributed by atoms with Crippen LogP contribution in [0.3, 0.4) is 0 Å². The van der Waals surface area contributed by atoms with Crippen LogP contribution < -0.4 is 4.90 Å². The summed E-state index contributed by atoms with van der Waals surface area (Å²) >= 11 is 12.5. The van der Waals surface area contributed by atoms with Gasteiger partial charge in [0.05, 0.1) is 22.6 Å². The molecule has 3 aromatic rings. The van der Waals surface area contributed by atoms with Gasteiger partial charge >= 0.3 is 0 Å². The fourth-order valence-electron chi connectivity index (χ4n) is 3.33. The van der Waals surface area contributed by atoms with Crippen LogP contribution in [-0.4, -0.2) is 20.4 Å². The summed E-state index contributed by atoms with van der Waals surface area (Å²) in [5.41, 5.74) is 2.31. The third-order valence-corrected chi connectivity index (χ3v) is 4.79. The van der Waals surface area contributed by atoms with E-state index < -0.39 is 0 Å². The van der Waals surface area contributed by atoms with Crippen LogP contribution in [-0.2, 0) is 0 Å². The second-order valence-corrected chi connectivity index (χ2v) is 6.48. The fraction of sp³-hybridized carbons (Fsp3) is 0.250. The van der Waals surface area contributed by atoms with Crippen molar-refractivity contribution in [1.82, 2.24) is 14.5 Å². The fourth-order valence-corrected chi connectivity index (χ4v) is 3.93. The zero-order chi connectivity index (χ0) is 16.3. The van der Waals surface area contributed by atoms with Gasteiger partial charge in [0.15, 0.2) is 5.82 Å². The van der Waals surface area contributed by atoms with Gasteiger partial charge in [-0.05, 0) is 31.5 Å². The van der Waals surface area contributed by atoms with E-state index >= 15 is 0 Å². The number of nitrogens with one attached hydrogen (secondary N) is 1. The van der Waals surface area contributed by atoms with Gasteiger partial charge < -0.3 is 9.55 Å². The monoisotopic (exact) mass is 348 g/mol. The highest BCUT2D eigenvalue weighted by atomic mass is 35.5. The lowest BCUT2D eigenvalue weighted by Crippen LogP contribution is -2.30. The summed E-state index contributed by atoms with van der Waals surface area (Å²) in [5.74, 6) is 0.583. The first-order valence-corrected chi connectivity index (χ1v) is 8.12. The molecule has 7 heteroatoms. The van der Waals surface area contributed by atoms with E-state index in [1.54, 1.807) is 17.3 Å². The van der Waals surface area contributed by atoms with Gasteiger partial charge in [0.1, 0.15) is 11.9 Å². The summed E-state index contributed by atoms with van der Waals surface area (Å²) in [4.78, 5) is 22.0. The summed E-state index contributed by atoms with van der Waals surface area (Å²) in [5, 5.41) is 1.99. The first-order valence-electron chi connectivity index (χ1n) is 7.36. The molecule has 0 bridgehead atoms. The van der Waals surface area contributed by atoms with Gasteiger partial charge in [-0.3, -0.25) is 9.69 Å². The van der Waals surface area contributed by atoms with Crippen molar-refractivity contribution in [3.05, 3.63) is 46.0 Å². The summed E-state index contributed by atoms with van der Waals surface area (Å²) in [6.07, 6.45) is 2.19. The van der Waals surface area contributed by atoms with E-state index in [1.165, 1.54) is 0 Å². The van der Waals surface area contributed by atoms with Crippen molar-refractivity contribution in [1.29, 1.82) is 0 Å². The number of hydrogen-bond donors (Lipinski definition) is 1. The molecular weight excluding hydrogens is 335 g/mol. The van der Waals surface area contributed by atoms with Crippen LogP contribution in [0, 0.1) is 6.92 Å². The molecule has 118 valence electrons. The largest absolute Gasteiger partial charge is 0.347 e. The Hall–Kier alpha value is -1.98. The molecule has 2 aromatic heterocycles. The number of imidazole rings is 1. The molecule has 0 saturated carbocycles. The molecule has 1 aliphatic rings. The highest BCUT2D eigenvalue weighted by Gasteiger charge is 2.40. The highest BCUT2D eigenvalue weighted by Crippen LogP contribution is 2.41. The summed E-state index contributed by atoms with van der Waals surface area (Å²) in [6, 6.07) is 5.39. The Labute approximate surface area is 142 Å². The van der Waals surface area contributed by atoms with Crippen LogP contribution in [0.25, 0.3) is 10.9 Å². The number of aromatic nitrogens is 3. The zero-order valence-electron chi connectivity index (χ0n) is 12.6. The van der Waals surface area contributed by atoms with Crippen molar-refractivity contribution >= 4 is 45.8 Å². The van der Waals surface area contributed by atoms with E-state index in [-0.39, 0.29) is 12.1 Å². The number of carbonyl (C=O) groups is 1. The van der Waals surface area contributed by atoms with Crippen molar-refractivity contribution in [2.75, 3.05) is 4.90 Å². The Balaban J connectivity index is 1.98. The molecule has 0 saturated heterocycles. The Kier molecular flexibility index (Phi) is 3.18. The maximum atomic E-state index is 13.0. The molecule has 1 amide bonds. The Morgan fingerprint density at radius 2 is 2.09 bits per heavy atom. The number of aromatic amines is 1. The number of carbonyl (C=O) groups excluding carboxylic acids is 1. The van der Waals surface area contributed by atoms with E-state index in [1.807, 2.05) is 30.5 Å². The van der Waals surface area contributed by atoms with Gasteiger partial charge in [-0.1, -0.05) is 30.1 Å². The minimum atomic E-state index is -0.157. The van der Waals surface area contributed by atoms with Crippen LogP contribution in [0.15, 0.2) is 24.5 Å². The number of nitrogens with zero attached hydrogens (tertiary/aromatic N) is 3. The first kappa shape index (κ1) is 14.6. The Morgan fingerprint density at radius 3 is 2.74 bits per heavy atom. The molecule has 0 radical (unpaired) electrons. The minimum Gasteiger partial charge on any atom is -0.347 e. The average molecular weight is 349 g/mol. The molecule has 1 N–H and O–H groups in total. The topological polar surface area (TPSA) is 53.9 Å². The number of benzene rings is 1. The smallest absolute Gasteiger partial charge is 0.277 e. The molecule has 1 unspecified atom stereocenters. The number of amides is 1.